The zero-order chi connectivity index (χ0) is 41.2. The standard InChI is InChI=1S/C61H42O/c1-3-15-43(16-4-1)52-21-7-9-23-54(52)45-31-37-48(38-32-45)60(49-39-33-46(34-40-49)55-24-10-8-22-53(55)44-17-5-2-6-18-44)47-35-29-42(30-36-47)50-19-13-20-51(41-50)56-26-14-27-58-57-25-11-12-28-59(57)62-61(56)58/h1-41,60H. The third kappa shape index (κ3) is 7.00. The fourth-order valence-electron chi connectivity index (χ4n) is 9.20. The topological polar surface area (TPSA) is 13.1 Å². The first-order chi connectivity index (χ1) is 30.7. The fourth-order valence-corrected chi connectivity index (χ4v) is 9.20. The van der Waals surface area contributed by atoms with Gasteiger partial charge in [0.2, 0.25) is 0 Å². The fraction of sp³-hybridized carbons (Fsp3) is 0.0164. The van der Waals surface area contributed by atoms with Crippen LogP contribution in [0.5, 0.6) is 0 Å². The van der Waals surface area contributed by atoms with Crippen LogP contribution in [0.15, 0.2) is 253 Å². The highest BCUT2D eigenvalue weighted by Gasteiger charge is 2.19. The summed E-state index contributed by atoms with van der Waals surface area (Å²) in [4.78, 5) is 0. The first-order valence-electron chi connectivity index (χ1n) is 21.4. The molecule has 11 rings (SSSR count). The lowest BCUT2D eigenvalue weighted by molar-refractivity contribution is 0.670. The van der Waals surface area contributed by atoms with Crippen molar-refractivity contribution in [3.8, 4) is 66.8 Å². The molecule has 0 bridgehead atoms. The second-order valence-electron chi connectivity index (χ2n) is 16.0. The van der Waals surface area contributed by atoms with Crippen molar-refractivity contribution >= 4 is 21.9 Å². The summed E-state index contributed by atoms with van der Waals surface area (Å²) < 4.78 is 6.43. The Morgan fingerprint density at radius 3 is 1.15 bits per heavy atom. The molecule has 0 N–H and O–H groups in total. The van der Waals surface area contributed by atoms with Crippen molar-refractivity contribution in [3.63, 3.8) is 0 Å². The molecule has 0 aliphatic rings. The first-order valence-corrected chi connectivity index (χ1v) is 21.4. The van der Waals surface area contributed by atoms with Crippen LogP contribution in [0, 0.1) is 0 Å². The van der Waals surface area contributed by atoms with Gasteiger partial charge in [-0.05, 0) is 90.0 Å². The molecule has 292 valence electrons. The second kappa shape index (κ2) is 16.2. The third-order valence-corrected chi connectivity index (χ3v) is 12.3. The molecule has 10 aromatic carbocycles. The maximum absolute atomic E-state index is 6.43. The van der Waals surface area contributed by atoms with Crippen molar-refractivity contribution in [2.45, 2.75) is 5.92 Å². The summed E-state index contributed by atoms with van der Waals surface area (Å²) in [5.41, 5.74) is 19.9. The minimum atomic E-state index is 0.0258. The van der Waals surface area contributed by atoms with Gasteiger partial charge < -0.3 is 4.42 Å². The van der Waals surface area contributed by atoms with Crippen molar-refractivity contribution in [3.05, 3.63) is 265 Å². The van der Waals surface area contributed by atoms with Gasteiger partial charge in [0.05, 0.1) is 0 Å². The van der Waals surface area contributed by atoms with Crippen molar-refractivity contribution in [1.82, 2.24) is 0 Å². The molecular formula is C61H42O. The molecular weight excluding hydrogens is 749 g/mol. The molecule has 11 aromatic rings. The van der Waals surface area contributed by atoms with Crippen LogP contribution in [0.2, 0.25) is 0 Å². The van der Waals surface area contributed by atoms with E-state index in [-0.39, 0.29) is 5.92 Å². The zero-order valence-corrected chi connectivity index (χ0v) is 34.2. The van der Waals surface area contributed by atoms with Crippen LogP contribution in [-0.2, 0) is 0 Å². The molecule has 0 saturated carbocycles. The molecule has 1 heterocycles. The molecule has 0 atom stereocenters. The van der Waals surface area contributed by atoms with Crippen molar-refractivity contribution < 1.29 is 4.42 Å². The molecule has 0 unspecified atom stereocenters. The Labute approximate surface area is 362 Å². The summed E-state index contributed by atoms with van der Waals surface area (Å²) in [7, 11) is 0. The largest absolute Gasteiger partial charge is 0.455 e. The number of furan rings is 1. The van der Waals surface area contributed by atoms with Gasteiger partial charge in [0, 0.05) is 22.3 Å². The second-order valence-corrected chi connectivity index (χ2v) is 16.0. The van der Waals surface area contributed by atoms with E-state index in [9.17, 15) is 0 Å². The van der Waals surface area contributed by atoms with Crippen LogP contribution in [0.4, 0.5) is 0 Å². The Hall–Kier alpha value is -8.00. The van der Waals surface area contributed by atoms with E-state index in [2.05, 4.69) is 237 Å². The number of hydrogen-bond acceptors (Lipinski definition) is 1. The molecule has 0 saturated heterocycles. The summed E-state index contributed by atoms with van der Waals surface area (Å²) in [6, 6.07) is 89.9. The summed E-state index contributed by atoms with van der Waals surface area (Å²) >= 11 is 0. The Balaban J connectivity index is 0.964. The van der Waals surface area contributed by atoms with E-state index in [4.69, 9.17) is 4.42 Å². The van der Waals surface area contributed by atoms with E-state index in [1.165, 1.54) is 72.3 Å². The van der Waals surface area contributed by atoms with Gasteiger partial charge in [-0.3, -0.25) is 0 Å². The quantitative estimate of drug-likeness (QED) is 0.133. The lowest BCUT2D eigenvalue weighted by Gasteiger charge is -2.21. The average Bonchev–Trinajstić information content (AvgIpc) is 3.74. The number of fused-ring (bicyclic) bond motifs is 3. The van der Waals surface area contributed by atoms with Crippen LogP contribution < -0.4 is 0 Å². The van der Waals surface area contributed by atoms with Crippen LogP contribution in [0.1, 0.15) is 22.6 Å². The Kier molecular flexibility index (Phi) is 9.69. The molecule has 1 heteroatoms. The lowest BCUT2D eigenvalue weighted by atomic mass is 9.83. The first kappa shape index (κ1) is 37.0. The number of hydrogen-bond donors (Lipinski definition) is 0. The normalized spacial score (nSPS) is 11.4. The summed E-state index contributed by atoms with van der Waals surface area (Å²) in [6.45, 7) is 0. The van der Waals surface area contributed by atoms with Gasteiger partial charge in [-0.25, -0.2) is 0 Å². The minimum absolute atomic E-state index is 0.0258. The van der Waals surface area contributed by atoms with Gasteiger partial charge in [0.25, 0.3) is 0 Å². The molecule has 0 amide bonds. The Morgan fingerprint density at radius 1 is 0.242 bits per heavy atom. The summed E-state index contributed by atoms with van der Waals surface area (Å²) in [6.07, 6.45) is 0. The van der Waals surface area contributed by atoms with E-state index in [0.717, 1.165) is 33.1 Å². The number of rotatable bonds is 9. The van der Waals surface area contributed by atoms with Crippen LogP contribution in [0.3, 0.4) is 0 Å². The number of para-hydroxylation sites is 2. The minimum Gasteiger partial charge on any atom is -0.455 e. The average molecular weight is 791 g/mol. The molecule has 1 aromatic heterocycles. The summed E-state index contributed by atoms with van der Waals surface area (Å²) in [5, 5.41) is 2.28. The molecule has 1 nitrogen and oxygen atoms in total. The zero-order valence-electron chi connectivity index (χ0n) is 34.2. The van der Waals surface area contributed by atoms with E-state index in [1.54, 1.807) is 0 Å². The third-order valence-electron chi connectivity index (χ3n) is 12.3. The molecule has 0 fully saturated rings. The van der Waals surface area contributed by atoms with E-state index in [1.807, 2.05) is 12.1 Å². The molecule has 0 spiro atoms. The highest BCUT2D eigenvalue weighted by Crippen LogP contribution is 2.40. The van der Waals surface area contributed by atoms with Crippen LogP contribution in [-0.4, -0.2) is 0 Å². The monoisotopic (exact) mass is 790 g/mol. The highest BCUT2D eigenvalue weighted by molar-refractivity contribution is 6.09. The van der Waals surface area contributed by atoms with E-state index < -0.39 is 0 Å². The van der Waals surface area contributed by atoms with Gasteiger partial charge in [-0.2, -0.15) is 0 Å². The summed E-state index contributed by atoms with van der Waals surface area (Å²) in [5.74, 6) is 0.0258. The Bertz CT molecular complexity index is 3180. The highest BCUT2D eigenvalue weighted by atomic mass is 16.3. The maximum atomic E-state index is 6.43. The van der Waals surface area contributed by atoms with Crippen LogP contribution in [0.25, 0.3) is 88.7 Å². The van der Waals surface area contributed by atoms with E-state index in [0.29, 0.717) is 0 Å². The van der Waals surface area contributed by atoms with Gasteiger partial charge in [-0.1, -0.05) is 237 Å². The van der Waals surface area contributed by atoms with Gasteiger partial charge in [-0.15, -0.1) is 0 Å². The van der Waals surface area contributed by atoms with Gasteiger partial charge >= 0.3 is 0 Å². The van der Waals surface area contributed by atoms with Crippen molar-refractivity contribution in [2.24, 2.45) is 0 Å². The molecule has 62 heavy (non-hydrogen) atoms. The lowest BCUT2D eigenvalue weighted by Crippen LogP contribution is -2.04. The Morgan fingerprint density at radius 2 is 0.613 bits per heavy atom. The molecule has 0 aliphatic carbocycles. The maximum Gasteiger partial charge on any atom is 0.143 e. The molecule has 0 radical (unpaired) electrons. The predicted octanol–water partition coefficient (Wildman–Crippen LogP) is 16.8. The van der Waals surface area contributed by atoms with Gasteiger partial charge in [0.15, 0.2) is 0 Å². The predicted molar refractivity (Wildman–Crippen MR) is 260 cm³/mol. The van der Waals surface area contributed by atoms with Crippen LogP contribution >= 0.6 is 0 Å². The smallest absolute Gasteiger partial charge is 0.143 e. The van der Waals surface area contributed by atoms with E-state index >= 15 is 0 Å². The van der Waals surface area contributed by atoms with Gasteiger partial charge in [0.1, 0.15) is 11.2 Å². The number of benzene rings is 10. The SMILES string of the molecule is c1ccc(-c2ccccc2-c2ccc(C(c3ccc(-c4cccc(-c5cccc6c5oc5ccccc56)c4)cc3)c3ccc(-c4ccccc4-c4ccccc4)cc3)cc2)cc1. The molecule has 0 aliphatic heterocycles. The van der Waals surface area contributed by atoms with Crippen molar-refractivity contribution in [1.29, 1.82) is 0 Å². The van der Waals surface area contributed by atoms with Crippen molar-refractivity contribution in [2.75, 3.05) is 0 Å².